The Morgan fingerprint density at radius 2 is 2.07 bits per heavy atom. The number of hydrogen-bond donors (Lipinski definition) is 0. The maximum Gasteiger partial charge on any atom is 0.268 e. The third-order valence-corrected chi connectivity index (χ3v) is 2.14. The van der Waals surface area contributed by atoms with Gasteiger partial charge in [0.1, 0.15) is 5.75 Å². The first-order valence-electron chi connectivity index (χ1n) is 4.14. The Labute approximate surface area is 90.8 Å². The molecule has 0 saturated heterocycles. The summed E-state index contributed by atoms with van der Waals surface area (Å²) >= 11 is 5.67. The molecule has 1 rings (SSSR count). The van der Waals surface area contributed by atoms with Gasteiger partial charge in [-0.2, -0.15) is 0 Å². The summed E-state index contributed by atoms with van der Waals surface area (Å²) in [5.41, 5.74) is -0.510. The van der Waals surface area contributed by atoms with Crippen molar-refractivity contribution in [1.29, 1.82) is 0 Å². The van der Waals surface area contributed by atoms with Crippen LogP contribution in [0.5, 0.6) is 5.75 Å². The highest BCUT2D eigenvalue weighted by atomic mass is 35.5. The smallest absolute Gasteiger partial charge is 0.268 e. The van der Waals surface area contributed by atoms with Gasteiger partial charge in [-0.05, 0) is 19.1 Å². The molecule has 0 heterocycles. The van der Waals surface area contributed by atoms with Gasteiger partial charge in [0.2, 0.25) is 0 Å². The molecule has 0 fully saturated rings. The number of halogens is 3. The fourth-order valence-corrected chi connectivity index (χ4v) is 1.49. The van der Waals surface area contributed by atoms with Crippen molar-refractivity contribution in [1.82, 2.24) is 0 Å². The zero-order valence-corrected chi connectivity index (χ0v) is 8.94. The molecule has 0 spiro atoms. The van der Waals surface area contributed by atoms with Crippen molar-refractivity contribution < 1.29 is 18.3 Å². The number of benzene rings is 1. The van der Waals surface area contributed by atoms with Gasteiger partial charge in [-0.1, -0.05) is 11.6 Å². The Bertz CT molecular complexity index is 391. The molecule has 1 aromatic rings. The molecular formula is C10H9ClF2O2. The van der Waals surface area contributed by atoms with E-state index in [1.54, 1.807) is 0 Å². The molecule has 0 unspecified atom stereocenters. The van der Waals surface area contributed by atoms with Gasteiger partial charge in [0.05, 0.1) is 12.7 Å². The lowest BCUT2D eigenvalue weighted by Crippen LogP contribution is -2.03. The van der Waals surface area contributed by atoms with Crippen LogP contribution in [0.3, 0.4) is 0 Å². The van der Waals surface area contributed by atoms with Crippen LogP contribution in [0, 0.1) is 0 Å². The van der Waals surface area contributed by atoms with E-state index in [9.17, 15) is 13.6 Å². The summed E-state index contributed by atoms with van der Waals surface area (Å²) in [6.07, 6.45) is -2.77. The first-order chi connectivity index (χ1) is 6.97. The molecule has 82 valence electrons. The van der Waals surface area contributed by atoms with E-state index in [0.717, 1.165) is 0 Å². The quantitative estimate of drug-likeness (QED) is 0.749. The molecule has 0 radical (unpaired) electrons. The molecule has 0 bridgehead atoms. The highest BCUT2D eigenvalue weighted by Gasteiger charge is 2.22. The van der Waals surface area contributed by atoms with Crippen molar-refractivity contribution in [3.05, 3.63) is 28.3 Å². The summed E-state index contributed by atoms with van der Waals surface area (Å²) in [5.74, 6) is -0.534. The van der Waals surface area contributed by atoms with Gasteiger partial charge in [0, 0.05) is 10.6 Å². The Balaban J connectivity index is 3.47. The monoisotopic (exact) mass is 234 g/mol. The van der Waals surface area contributed by atoms with E-state index < -0.39 is 17.8 Å². The summed E-state index contributed by atoms with van der Waals surface area (Å²) in [6.45, 7) is 1.21. The first-order valence-corrected chi connectivity index (χ1v) is 4.51. The van der Waals surface area contributed by atoms with E-state index in [-0.39, 0.29) is 16.3 Å². The third kappa shape index (κ3) is 2.45. The van der Waals surface area contributed by atoms with Gasteiger partial charge in [0.15, 0.2) is 5.78 Å². The molecule has 2 nitrogen and oxygen atoms in total. The van der Waals surface area contributed by atoms with Gasteiger partial charge >= 0.3 is 0 Å². The molecule has 5 heteroatoms. The number of methoxy groups -OCH3 is 1. The van der Waals surface area contributed by atoms with Gasteiger partial charge < -0.3 is 4.74 Å². The lowest BCUT2D eigenvalue weighted by atomic mass is 10.0. The number of rotatable bonds is 3. The molecule has 0 aromatic heterocycles. The average Bonchev–Trinajstić information content (AvgIpc) is 2.15. The average molecular weight is 235 g/mol. The van der Waals surface area contributed by atoms with E-state index >= 15 is 0 Å². The van der Waals surface area contributed by atoms with Crippen LogP contribution in [0.1, 0.15) is 29.3 Å². The summed E-state index contributed by atoms with van der Waals surface area (Å²) in [7, 11) is 1.25. The summed E-state index contributed by atoms with van der Waals surface area (Å²) < 4.78 is 30.1. The SMILES string of the molecule is COc1cc(Cl)cc(C(C)=O)c1C(F)F. The second-order valence-electron chi connectivity index (χ2n) is 2.93. The van der Waals surface area contributed by atoms with E-state index in [4.69, 9.17) is 16.3 Å². The number of ether oxygens (including phenoxy) is 1. The Hall–Kier alpha value is -1.16. The predicted octanol–water partition coefficient (Wildman–Crippen LogP) is 3.49. The van der Waals surface area contributed by atoms with Crippen LogP contribution in [0.2, 0.25) is 5.02 Å². The maximum atomic E-state index is 12.7. The Morgan fingerprint density at radius 1 is 1.47 bits per heavy atom. The number of hydrogen-bond acceptors (Lipinski definition) is 2. The molecule has 0 N–H and O–H groups in total. The molecule has 0 atom stereocenters. The fourth-order valence-electron chi connectivity index (χ4n) is 1.28. The third-order valence-electron chi connectivity index (χ3n) is 1.92. The van der Waals surface area contributed by atoms with Crippen LogP contribution >= 0.6 is 11.6 Å². The Kier molecular flexibility index (Phi) is 3.63. The molecule has 0 aliphatic carbocycles. The van der Waals surface area contributed by atoms with Crippen molar-refractivity contribution in [2.24, 2.45) is 0 Å². The second-order valence-corrected chi connectivity index (χ2v) is 3.36. The van der Waals surface area contributed by atoms with Crippen molar-refractivity contribution in [2.45, 2.75) is 13.3 Å². The zero-order chi connectivity index (χ0) is 11.6. The van der Waals surface area contributed by atoms with Crippen LogP contribution < -0.4 is 4.74 Å². The Morgan fingerprint density at radius 3 is 2.47 bits per heavy atom. The predicted molar refractivity (Wildman–Crippen MR) is 53.0 cm³/mol. The van der Waals surface area contributed by atoms with E-state index in [0.29, 0.717) is 0 Å². The van der Waals surface area contributed by atoms with Gasteiger partial charge in [-0.3, -0.25) is 4.79 Å². The van der Waals surface area contributed by atoms with Crippen LogP contribution in [0.4, 0.5) is 8.78 Å². The normalized spacial score (nSPS) is 10.5. The molecule has 1 aromatic carbocycles. The van der Waals surface area contributed by atoms with Crippen molar-refractivity contribution in [3.8, 4) is 5.75 Å². The second kappa shape index (κ2) is 4.57. The van der Waals surface area contributed by atoms with Gasteiger partial charge in [-0.25, -0.2) is 8.78 Å². The van der Waals surface area contributed by atoms with Crippen molar-refractivity contribution >= 4 is 17.4 Å². The number of carbonyl (C=O) groups excluding carboxylic acids is 1. The fraction of sp³-hybridized carbons (Fsp3) is 0.300. The van der Waals surface area contributed by atoms with Crippen molar-refractivity contribution in [2.75, 3.05) is 7.11 Å². The van der Waals surface area contributed by atoms with Crippen LogP contribution in [0.25, 0.3) is 0 Å². The maximum absolute atomic E-state index is 12.7. The van der Waals surface area contributed by atoms with Crippen LogP contribution in [-0.4, -0.2) is 12.9 Å². The molecule has 0 saturated carbocycles. The molecule has 0 amide bonds. The number of carbonyl (C=O) groups is 1. The molecule has 0 aliphatic heterocycles. The summed E-state index contributed by atoms with van der Waals surface area (Å²) in [5, 5.41) is 0.196. The van der Waals surface area contributed by atoms with E-state index in [2.05, 4.69) is 0 Å². The van der Waals surface area contributed by atoms with Crippen LogP contribution in [-0.2, 0) is 0 Å². The lowest BCUT2D eigenvalue weighted by molar-refractivity contribution is 0.0996. The minimum absolute atomic E-state index is 0.0669. The highest BCUT2D eigenvalue weighted by molar-refractivity contribution is 6.31. The van der Waals surface area contributed by atoms with Crippen molar-refractivity contribution in [3.63, 3.8) is 0 Å². The summed E-state index contributed by atoms with van der Waals surface area (Å²) in [4.78, 5) is 11.1. The largest absolute Gasteiger partial charge is 0.496 e. The van der Waals surface area contributed by atoms with Crippen LogP contribution in [0.15, 0.2) is 12.1 Å². The standard InChI is InChI=1S/C10H9ClF2O2/c1-5(14)7-3-6(11)4-8(15-2)9(7)10(12)13/h3-4,10H,1-2H3. The first kappa shape index (κ1) is 11.9. The highest BCUT2D eigenvalue weighted by Crippen LogP contribution is 2.35. The lowest BCUT2D eigenvalue weighted by Gasteiger charge is -2.12. The number of ketones is 1. The minimum Gasteiger partial charge on any atom is -0.496 e. The molecule has 15 heavy (non-hydrogen) atoms. The number of Topliss-reactive ketones (excluding diaryl/α,β-unsaturated/α-hetero) is 1. The minimum atomic E-state index is -2.77. The number of alkyl halides is 2. The van der Waals surface area contributed by atoms with E-state index in [1.807, 2.05) is 0 Å². The summed E-state index contributed by atoms with van der Waals surface area (Å²) in [6, 6.07) is 2.48. The zero-order valence-electron chi connectivity index (χ0n) is 8.18. The van der Waals surface area contributed by atoms with Gasteiger partial charge in [-0.15, -0.1) is 0 Å². The molecule has 0 aliphatic rings. The van der Waals surface area contributed by atoms with E-state index in [1.165, 1.54) is 26.2 Å². The topological polar surface area (TPSA) is 26.3 Å². The molecular weight excluding hydrogens is 226 g/mol. The van der Waals surface area contributed by atoms with Gasteiger partial charge in [0.25, 0.3) is 6.43 Å².